The summed E-state index contributed by atoms with van der Waals surface area (Å²) in [4.78, 5) is 190. The first kappa shape index (κ1) is 78.3. The number of amides is 11. The molecule has 0 radical (unpaired) electrons. The van der Waals surface area contributed by atoms with Crippen LogP contribution in [0.2, 0.25) is 0 Å². The Kier molecular flexibility index (Phi) is 25.9. The number of aromatic nitrogens is 10. The van der Waals surface area contributed by atoms with Crippen LogP contribution < -0.4 is 58.5 Å². The van der Waals surface area contributed by atoms with Gasteiger partial charge in [0.1, 0.15) is 40.7 Å². The summed E-state index contributed by atoms with van der Waals surface area (Å²) in [5, 5.41) is 57.5. The molecule has 8 aromatic rings. The molecule has 0 aliphatic heterocycles. The van der Waals surface area contributed by atoms with Gasteiger partial charge in [-0.3, -0.25) is 72.0 Å². The van der Waals surface area contributed by atoms with E-state index in [-0.39, 0.29) is 127 Å². The molecule has 8 rings (SSSR count). The predicted molar refractivity (Wildman–Crippen MR) is 380 cm³/mol. The van der Waals surface area contributed by atoms with Crippen LogP contribution in [0.1, 0.15) is 110 Å². The lowest BCUT2D eigenvalue weighted by atomic mass is 10.1. The molecule has 562 valence electrons. The van der Waals surface area contributed by atoms with Crippen molar-refractivity contribution in [1.82, 2.24) is 77.6 Å². The molecule has 1 atom stereocenters. The largest absolute Gasteiger partial charge is 0.480 e. The fourth-order valence-electron chi connectivity index (χ4n) is 11.1. The minimum atomic E-state index is -1.36. The molecule has 14 N–H and O–H groups in total. The molecule has 40 heteroatoms. The highest BCUT2D eigenvalue weighted by molar-refractivity contribution is 6.10. The normalized spacial score (nSPS) is 11.3. The molecular weight excluding hydrogens is 1390 g/mol. The number of anilines is 7. The van der Waals surface area contributed by atoms with E-state index in [4.69, 9.17) is 10.2 Å². The molecule has 40 nitrogen and oxygen atoms in total. The third-order valence-corrected chi connectivity index (χ3v) is 16.3. The summed E-state index contributed by atoms with van der Waals surface area (Å²) in [5.74, 6) is -9.81. The number of hydrogen-bond acceptors (Lipinski definition) is 18. The third kappa shape index (κ3) is 20.9. The van der Waals surface area contributed by atoms with Gasteiger partial charge in [-0.1, -0.05) is 0 Å². The number of nitrogens with zero attached hydrogens (tertiary/aromatic N) is 12. The number of aliphatic carboxylic acids is 3. The van der Waals surface area contributed by atoms with Crippen molar-refractivity contribution in [1.29, 1.82) is 0 Å². The van der Waals surface area contributed by atoms with E-state index in [9.17, 15) is 72.2 Å². The van der Waals surface area contributed by atoms with E-state index in [0.717, 1.165) is 9.80 Å². The van der Waals surface area contributed by atoms with Gasteiger partial charge in [0.05, 0.1) is 53.3 Å². The number of rotatable bonds is 36. The van der Waals surface area contributed by atoms with Crippen molar-refractivity contribution < 1.29 is 82.4 Å². The second-order valence-electron chi connectivity index (χ2n) is 24.5. The SMILES string of the molecule is CNC(CCNC(=O)CCNC(=O)c1cc(NC(=O)c2cc(NC(=O)c3cc(NC(=O)c4nc(NC(=O)CCCNC(=O)c5cc(NC(=O)c6cc(NC(=O)c7cc(NC(=O)c8nccn8C)cn7C)cn6C)cn5C)cn4C)cn3C)cn2C)cn1C)C(=O)N(CCN(CC(=O)O)CC(=O)O)CC(=O)O. The standard InChI is InChI=1S/C66H81N23O17/c1-67-43(66(106)89(36-55(96)97)20-19-88(34-53(92)93)35-54(94)95)12-15-68-51(90)13-16-71-59(99)45-22-38(28-82(45)4)73-61(101)47-24-40(30-84(47)6)75-63(103)49-26-42(32-86(49)8)77-65(105)57-79-50(33-87(57)9)78-52(91)11-10-14-70-58(98)44-21-37(27-81(44)3)72-60(100)46-23-39(29-83(46)5)74-62(102)48-25-41(31-85(48)7)76-64(104)56-69-17-18-80(56)2/h17-18,21-33,43,67H,10-16,19-20,34-36H2,1-9H3,(H,68,90)(H,70,98)(H,71,99)(H,72,100)(H,73,101)(H,74,102)(H,75,103)(H,76,104)(H,77,105)(H,78,91)(H,92,93)(H,94,95)(H,96,97). The first-order valence-corrected chi connectivity index (χ1v) is 32.6. The highest BCUT2D eigenvalue weighted by Gasteiger charge is 2.28. The van der Waals surface area contributed by atoms with Gasteiger partial charge in [0.2, 0.25) is 23.5 Å². The summed E-state index contributed by atoms with van der Waals surface area (Å²) in [7, 11) is 14.3. The van der Waals surface area contributed by atoms with E-state index in [2.05, 4.69) is 68.5 Å². The third-order valence-electron chi connectivity index (χ3n) is 16.3. The van der Waals surface area contributed by atoms with E-state index in [1.165, 1.54) is 102 Å². The average Bonchev–Trinajstić information content (AvgIpc) is 1.68. The topological polar surface area (TPSA) is 504 Å². The summed E-state index contributed by atoms with van der Waals surface area (Å²) in [5.41, 5.74) is 2.73. The van der Waals surface area contributed by atoms with Crippen LogP contribution in [0.15, 0.2) is 92.2 Å². The minimum absolute atomic E-state index is 0.0102. The Morgan fingerprint density at radius 3 is 1.18 bits per heavy atom. The summed E-state index contributed by atoms with van der Waals surface area (Å²) >= 11 is 0. The molecule has 0 fully saturated rings. The highest BCUT2D eigenvalue weighted by atomic mass is 16.4. The molecular formula is C66H81N23O17. The Morgan fingerprint density at radius 2 is 0.792 bits per heavy atom. The molecule has 0 saturated carbocycles. The number of carbonyl (C=O) groups excluding carboxylic acids is 11. The predicted octanol–water partition coefficient (Wildman–Crippen LogP) is 0.446. The molecule has 0 aliphatic carbocycles. The zero-order chi connectivity index (χ0) is 77.4. The van der Waals surface area contributed by atoms with Crippen LogP contribution in [0, 0.1) is 0 Å². The zero-order valence-electron chi connectivity index (χ0n) is 59.1. The quantitative estimate of drug-likeness (QED) is 0.0237. The molecule has 11 amide bonds. The van der Waals surface area contributed by atoms with Crippen LogP contribution in [-0.4, -0.2) is 220 Å². The van der Waals surface area contributed by atoms with Crippen molar-refractivity contribution in [3.05, 3.63) is 138 Å². The second-order valence-corrected chi connectivity index (χ2v) is 24.5. The first-order chi connectivity index (χ1) is 50.2. The first-order valence-electron chi connectivity index (χ1n) is 32.6. The number of imidazole rings is 2. The lowest BCUT2D eigenvalue weighted by Crippen LogP contribution is -2.51. The molecule has 0 aliphatic rings. The molecule has 0 aromatic carbocycles. The van der Waals surface area contributed by atoms with Crippen molar-refractivity contribution in [2.24, 2.45) is 56.4 Å². The van der Waals surface area contributed by atoms with Crippen LogP contribution in [-0.2, 0) is 85.1 Å². The molecule has 106 heavy (non-hydrogen) atoms. The van der Waals surface area contributed by atoms with Gasteiger partial charge in [-0.05, 0) is 56.3 Å². The number of carboxylic acids is 3. The van der Waals surface area contributed by atoms with Crippen molar-refractivity contribution in [2.75, 3.05) is 96.6 Å². The number of carboxylic acid groups (broad SMARTS) is 3. The van der Waals surface area contributed by atoms with Gasteiger partial charge in [0.15, 0.2) is 11.6 Å². The molecule has 0 bridgehead atoms. The van der Waals surface area contributed by atoms with Crippen molar-refractivity contribution in [3.63, 3.8) is 0 Å². The van der Waals surface area contributed by atoms with Crippen molar-refractivity contribution >= 4 is 123 Å². The maximum atomic E-state index is 13.6. The number of aryl methyl sites for hydroxylation is 8. The fourth-order valence-corrected chi connectivity index (χ4v) is 11.1. The molecule has 1 unspecified atom stereocenters. The van der Waals surface area contributed by atoms with Gasteiger partial charge in [0, 0.05) is 158 Å². The Bertz CT molecular complexity index is 4690. The number of carbonyl (C=O) groups is 14. The van der Waals surface area contributed by atoms with Gasteiger partial charge >= 0.3 is 17.9 Å². The summed E-state index contributed by atoms with van der Waals surface area (Å²) < 4.78 is 11.9. The maximum absolute atomic E-state index is 13.6. The second kappa shape index (κ2) is 35.0. The Balaban J connectivity index is 0.730. The summed E-state index contributed by atoms with van der Waals surface area (Å²) in [6.45, 7) is -2.63. The van der Waals surface area contributed by atoms with E-state index in [0.29, 0.717) is 17.1 Å². The van der Waals surface area contributed by atoms with Crippen LogP contribution in [0.3, 0.4) is 0 Å². The van der Waals surface area contributed by atoms with E-state index in [1.807, 2.05) is 0 Å². The van der Waals surface area contributed by atoms with Gasteiger partial charge in [0.25, 0.3) is 47.3 Å². The van der Waals surface area contributed by atoms with Gasteiger partial charge in [-0.2, -0.15) is 0 Å². The van der Waals surface area contributed by atoms with Gasteiger partial charge < -0.3 is 115 Å². The highest BCUT2D eigenvalue weighted by Crippen LogP contribution is 2.24. The number of nitrogens with one attached hydrogen (secondary N) is 11. The zero-order valence-corrected chi connectivity index (χ0v) is 59.1. The van der Waals surface area contributed by atoms with Gasteiger partial charge in [-0.25, -0.2) is 9.97 Å². The molecule has 8 aromatic heterocycles. The maximum Gasteiger partial charge on any atom is 0.323 e. The van der Waals surface area contributed by atoms with E-state index in [1.54, 1.807) is 90.3 Å². The van der Waals surface area contributed by atoms with Crippen LogP contribution in [0.4, 0.5) is 39.9 Å². The monoisotopic (exact) mass is 1470 g/mol. The fraction of sp³-hybridized carbons (Fsp3) is 0.333. The van der Waals surface area contributed by atoms with Crippen LogP contribution in [0.25, 0.3) is 0 Å². The number of likely N-dealkylation sites (N-methyl/N-ethyl adjacent to an activating group) is 1. The summed E-state index contributed by atoms with van der Waals surface area (Å²) in [6, 6.07) is 7.75. The molecule has 0 spiro atoms. The molecule has 8 heterocycles. The Hall–Kier alpha value is -13.4. The Morgan fingerprint density at radius 1 is 0.406 bits per heavy atom. The minimum Gasteiger partial charge on any atom is -0.480 e. The van der Waals surface area contributed by atoms with Crippen molar-refractivity contribution in [3.8, 4) is 0 Å². The van der Waals surface area contributed by atoms with E-state index >= 15 is 0 Å². The van der Waals surface area contributed by atoms with Crippen LogP contribution >= 0.6 is 0 Å². The number of hydrogen-bond donors (Lipinski definition) is 14. The molecule has 0 saturated heterocycles. The van der Waals surface area contributed by atoms with Crippen LogP contribution in [0.5, 0.6) is 0 Å². The van der Waals surface area contributed by atoms with E-state index < -0.39 is 109 Å². The lowest BCUT2D eigenvalue weighted by molar-refractivity contribution is -0.146. The smallest absolute Gasteiger partial charge is 0.323 e. The average molecular weight is 1470 g/mol. The van der Waals surface area contributed by atoms with Crippen molar-refractivity contribution in [2.45, 2.75) is 31.7 Å². The Labute approximate surface area is 603 Å². The summed E-state index contributed by atoms with van der Waals surface area (Å²) in [6.07, 6.45) is 13.8. The van der Waals surface area contributed by atoms with Gasteiger partial charge in [-0.15, -0.1) is 0 Å². The lowest BCUT2D eigenvalue weighted by Gasteiger charge is -2.28.